The summed E-state index contributed by atoms with van der Waals surface area (Å²) in [6.45, 7) is 1.40. The summed E-state index contributed by atoms with van der Waals surface area (Å²) in [6, 6.07) is 25.6. The van der Waals surface area contributed by atoms with E-state index in [1.54, 1.807) is 0 Å². The average Bonchev–Trinajstić information content (AvgIpc) is 2.68. The Balaban J connectivity index is 1.65. The minimum atomic E-state index is 0.372. The molecule has 5 heteroatoms. The molecule has 0 fully saturated rings. The van der Waals surface area contributed by atoms with Crippen LogP contribution in [0.5, 0.6) is 11.5 Å². The second kappa shape index (κ2) is 9.58. The number of nitrogens with zero attached hydrogens (tertiary/aromatic N) is 2. The van der Waals surface area contributed by atoms with E-state index in [0.29, 0.717) is 12.5 Å². The van der Waals surface area contributed by atoms with Crippen LogP contribution in [0.2, 0.25) is 0 Å². The molecule has 0 atom stereocenters. The highest BCUT2D eigenvalue weighted by atomic mass is 16.5. The second-order valence-electron chi connectivity index (χ2n) is 6.78. The number of guanidine groups is 1. The lowest BCUT2D eigenvalue weighted by molar-refractivity contribution is 0.401. The molecule has 0 spiro atoms. The molecule has 3 aromatic rings. The van der Waals surface area contributed by atoms with Crippen molar-refractivity contribution in [3.63, 3.8) is 0 Å². The molecule has 0 radical (unpaired) electrons. The van der Waals surface area contributed by atoms with Crippen molar-refractivity contribution in [2.45, 2.75) is 13.1 Å². The zero-order valence-corrected chi connectivity index (χ0v) is 16.3. The Bertz CT molecular complexity index is 923. The van der Waals surface area contributed by atoms with E-state index in [9.17, 15) is 0 Å². The number of benzene rings is 3. The summed E-state index contributed by atoms with van der Waals surface area (Å²) >= 11 is 0. The Labute approximate surface area is 166 Å². The molecular weight excluding hydrogens is 348 g/mol. The van der Waals surface area contributed by atoms with E-state index in [-0.39, 0.29) is 0 Å². The van der Waals surface area contributed by atoms with Crippen LogP contribution < -0.4 is 15.8 Å². The average molecular weight is 374 g/mol. The van der Waals surface area contributed by atoms with Gasteiger partial charge in [-0.3, -0.25) is 0 Å². The first-order chi connectivity index (χ1) is 13.6. The Kier molecular flexibility index (Phi) is 6.65. The fourth-order valence-corrected chi connectivity index (χ4v) is 2.83. The Morgan fingerprint density at radius 2 is 1.57 bits per heavy atom. The third kappa shape index (κ3) is 5.86. The maximum absolute atomic E-state index is 6.10. The lowest BCUT2D eigenvalue weighted by atomic mass is 10.1. The number of anilines is 1. The summed E-state index contributed by atoms with van der Waals surface area (Å²) in [7, 11) is 4.11. The van der Waals surface area contributed by atoms with Gasteiger partial charge >= 0.3 is 0 Å². The third-order valence-electron chi connectivity index (χ3n) is 4.11. The molecule has 0 bridgehead atoms. The molecule has 0 aliphatic carbocycles. The van der Waals surface area contributed by atoms with Crippen LogP contribution in [0.25, 0.3) is 0 Å². The van der Waals surface area contributed by atoms with Crippen LogP contribution in [0.4, 0.5) is 5.69 Å². The summed E-state index contributed by atoms with van der Waals surface area (Å²) in [4.78, 5) is 6.64. The SMILES string of the molecule is CN(C)Cc1ccccc1CN=C(N)Nc1cccc(Oc2ccccc2)c1. The fourth-order valence-electron chi connectivity index (χ4n) is 2.83. The number of para-hydroxylation sites is 1. The minimum absolute atomic E-state index is 0.372. The summed E-state index contributed by atoms with van der Waals surface area (Å²) in [5, 5.41) is 3.14. The topological polar surface area (TPSA) is 62.9 Å². The molecule has 0 saturated carbocycles. The van der Waals surface area contributed by atoms with Gasteiger partial charge in [0, 0.05) is 18.3 Å². The minimum Gasteiger partial charge on any atom is -0.457 e. The molecule has 3 rings (SSSR count). The zero-order chi connectivity index (χ0) is 19.8. The van der Waals surface area contributed by atoms with Crippen LogP contribution in [0, 0.1) is 0 Å². The first-order valence-corrected chi connectivity index (χ1v) is 9.21. The molecule has 5 nitrogen and oxygen atoms in total. The van der Waals surface area contributed by atoms with Gasteiger partial charge < -0.3 is 20.7 Å². The quantitative estimate of drug-likeness (QED) is 0.473. The maximum Gasteiger partial charge on any atom is 0.193 e. The lowest BCUT2D eigenvalue weighted by Gasteiger charge is -2.13. The van der Waals surface area contributed by atoms with Crippen molar-refractivity contribution in [3.05, 3.63) is 90.0 Å². The number of rotatable bonds is 7. The number of nitrogens with two attached hydrogens (primary N) is 1. The van der Waals surface area contributed by atoms with E-state index in [0.717, 1.165) is 23.7 Å². The Hall–Kier alpha value is -3.31. The molecule has 144 valence electrons. The van der Waals surface area contributed by atoms with Crippen molar-refractivity contribution in [3.8, 4) is 11.5 Å². The molecule has 0 aromatic heterocycles. The molecule has 0 aliphatic rings. The van der Waals surface area contributed by atoms with Gasteiger partial charge in [0.1, 0.15) is 11.5 Å². The van der Waals surface area contributed by atoms with Gasteiger partial charge in [0.15, 0.2) is 5.96 Å². The monoisotopic (exact) mass is 374 g/mol. The largest absolute Gasteiger partial charge is 0.457 e. The van der Waals surface area contributed by atoms with Crippen LogP contribution in [0.3, 0.4) is 0 Å². The first-order valence-electron chi connectivity index (χ1n) is 9.21. The normalized spacial score (nSPS) is 11.5. The van der Waals surface area contributed by atoms with Crippen molar-refractivity contribution in [1.29, 1.82) is 0 Å². The molecule has 0 amide bonds. The molecule has 0 saturated heterocycles. The van der Waals surface area contributed by atoms with E-state index in [2.05, 4.69) is 41.4 Å². The molecular formula is C23H26N4O. The molecule has 0 unspecified atom stereocenters. The predicted octanol–water partition coefficient (Wildman–Crippen LogP) is 4.47. The highest BCUT2D eigenvalue weighted by molar-refractivity contribution is 5.92. The summed E-state index contributed by atoms with van der Waals surface area (Å²) in [6.07, 6.45) is 0. The van der Waals surface area contributed by atoms with Crippen LogP contribution in [-0.2, 0) is 13.1 Å². The Morgan fingerprint density at radius 1 is 0.893 bits per heavy atom. The van der Waals surface area contributed by atoms with Crippen molar-refractivity contribution in [2.75, 3.05) is 19.4 Å². The number of aliphatic imine (C=N–C) groups is 1. The molecule has 0 heterocycles. The highest BCUT2D eigenvalue weighted by Crippen LogP contribution is 2.23. The van der Waals surface area contributed by atoms with Gasteiger partial charge in [0.2, 0.25) is 0 Å². The second-order valence-corrected chi connectivity index (χ2v) is 6.78. The zero-order valence-electron chi connectivity index (χ0n) is 16.3. The van der Waals surface area contributed by atoms with Crippen molar-refractivity contribution in [2.24, 2.45) is 10.7 Å². The van der Waals surface area contributed by atoms with Gasteiger partial charge in [0.25, 0.3) is 0 Å². The van der Waals surface area contributed by atoms with E-state index in [4.69, 9.17) is 10.5 Å². The lowest BCUT2D eigenvalue weighted by Crippen LogP contribution is -2.22. The van der Waals surface area contributed by atoms with Gasteiger partial charge in [-0.1, -0.05) is 48.5 Å². The first kappa shape index (κ1) is 19.5. The van der Waals surface area contributed by atoms with Crippen LogP contribution >= 0.6 is 0 Å². The summed E-state index contributed by atoms with van der Waals surface area (Å²) in [5.41, 5.74) is 9.35. The van der Waals surface area contributed by atoms with Crippen molar-refractivity contribution >= 4 is 11.6 Å². The van der Waals surface area contributed by atoms with Crippen molar-refractivity contribution in [1.82, 2.24) is 4.90 Å². The van der Waals surface area contributed by atoms with E-state index >= 15 is 0 Å². The number of ether oxygens (including phenoxy) is 1. The summed E-state index contributed by atoms with van der Waals surface area (Å²) < 4.78 is 5.86. The number of hydrogen-bond donors (Lipinski definition) is 2. The highest BCUT2D eigenvalue weighted by Gasteiger charge is 2.04. The predicted molar refractivity (Wildman–Crippen MR) is 116 cm³/mol. The number of hydrogen-bond acceptors (Lipinski definition) is 3. The van der Waals surface area contributed by atoms with Gasteiger partial charge in [0.05, 0.1) is 6.54 Å². The Morgan fingerprint density at radius 3 is 2.32 bits per heavy atom. The van der Waals surface area contributed by atoms with E-state index < -0.39 is 0 Å². The standard InChI is InChI=1S/C23H26N4O/c1-27(2)17-19-10-7-6-9-18(19)16-25-23(24)26-20-11-8-14-22(15-20)28-21-12-4-3-5-13-21/h3-15H,16-17H2,1-2H3,(H3,24,25,26). The maximum atomic E-state index is 6.10. The molecule has 3 aromatic carbocycles. The fraction of sp³-hybridized carbons (Fsp3) is 0.174. The van der Waals surface area contributed by atoms with Gasteiger partial charge in [-0.05, 0) is 49.5 Å². The smallest absolute Gasteiger partial charge is 0.193 e. The van der Waals surface area contributed by atoms with Crippen LogP contribution in [0.15, 0.2) is 83.9 Å². The van der Waals surface area contributed by atoms with Crippen LogP contribution in [-0.4, -0.2) is 25.0 Å². The van der Waals surface area contributed by atoms with Gasteiger partial charge in [-0.15, -0.1) is 0 Å². The third-order valence-corrected chi connectivity index (χ3v) is 4.11. The van der Waals surface area contributed by atoms with Gasteiger partial charge in [-0.2, -0.15) is 0 Å². The van der Waals surface area contributed by atoms with E-state index in [1.807, 2.05) is 66.7 Å². The number of nitrogens with one attached hydrogen (secondary N) is 1. The molecule has 0 aliphatic heterocycles. The summed E-state index contributed by atoms with van der Waals surface area (Å²) in [5.74, 6) is 1.90. The van der Waals surface area contributed by atoms with E-state index in [1.165, 1.54) is 11.1 Å². The van der Waals surface area contributed by atoms with Gasteiger partial charge in [-0.25, -0.2) is 4.99 Å². The van der Waals surface area contributed by atoms with Crippen molar-refractivity contribution < 1.29 is 4.74 Å². The van der Waals surface area contributed by atoms with Crippen LogP contribution in [0.1, 0.15) is 11.1 Å². The molecule has 28 heavy (non-hydrogen) atoms. The molecule has 3 N–H and O–H groups in total.